The van der Waals surface area contributed by atoms with Crippen molar-refractivity contribution in [3.8, 4) is 5.75 Å². The van der Waals surface area contributed by atoms with Crippen LogP contribution in [0.25, 0.3) is 0 Å². The second-order valence-electron chi connectivity index (χ2n) is 4.63. The second kappa shape index (κ2) is 7.21. The van der Waals surface area contributed by atoms with Gasteiger partial charge >= 0.3 is 12.0 Å². The molecule has 0 radical (unpaired) electrons. The van der Waals surface area contributed by atoms with E-state index in [0.717, 1.165) is 17.1 Å². The van der Waals surface area contributed by atoms with E-state index in [1.54, 1.807) is 18.9 Å². The van der Waals surface area contributed by atoms with Gasteiger partial charge in [0.25, 0.3) is 0 Å². The number of hydrogen-bond donors (Lipinski definition) is 2. The number of benzene rings is 1. The van der Waals surface area contributed by atoms with Crippen LogP contribution in [0.15, 0.2) is 24.3 Å². The summed E-state index contributed by atoms with van der Waals surface area (Å²) in [6, 6.07) is 6.29. The lowest BCUT2D eigenvalue weighted by Gasteiger charge is -2.32. The Morgan fingerprint density at radius 3 is 3.05 bits per heavy atom. The third-order valence-corrected chi connectivity index (χ3v) is 4.27. The average Bonchev–Trinajstić information content (AvgIpc) is 2.52. The van der Waals surface area contributed by atoms with Crippen molar-refractivity contribution < 1.29 is 19.4 Å². The zero-order valence-corrected chi connectivity index (χ0v) is 12.6. The predicted octanol–water partition coefficient (Wildman–Crippen LogP) is 1.41. The van der Waals surface area contributed by atoms with Crippen LogP contribution in [-0.4, -0.2) is 53.2 Å². The Morgan fingerprint density at radius 1 is 1.52 bits per heavy atom. The molecule has 1 aliphatic rings. The van der Waals surface area contributed by atoms with Crippen molar-refractivity contribution in [3.05, 3.63) is 29.8 Å². The number of rotatable bonds is 4. The van der Waals surface area contributed by atoms with Crippen molar-refractivity contribution in [3.63, 3.8) is 0 Å². The van der Waals surface area contributed by atoms with Gasteiger partial charge in [0.2, 0.25) is 0 Å². The Labute approximate surface area is 127 Å². The number of thioether (sulfide) groups is 1. The lowest BCUT2D eigenvalue weighted by atomic mass is 10.2. The standard InChI is InChI=1S/C14H18N2O4S/c1-20-11-4-2-3-10(7-11)8-15-14(19)16-5-6-21-9-12(16)13(17)18/h2-4,7,12H,5-6,8-9H2,1H3,(H,15,19)(H,17,18). The van der Waals surface area contributed by atoms with E-state index < -0.39 is 12.0 Å². The molecule has 114 valence electrons. The van der Waals surface area contributed by atoms with E-state index in [1.807, 2.05) is 24.3 Å². The molecule has 2 N–H and O–H groups in total. The van der Waals surface area contributed by atoms with Crippen LogP contribution in [-0.2, 0) is 11.3 Å². The number of hydrogen-bond acceptors (Lipinski definition) is 4. The normalized spacial score (nSPS) is 18.1. The molecule has 0 bridgehead atoms. The Kier molecular flexibility index (Phi) is 5.32. The number of carbonyl (C=O) groups excluding carboxylic acids is 1. The van der Waals surface area contributed by atoms with Gasteiger partial charge in [-0.05, 0) is 17.7 Å². The summed E-state index contributed by atoms with van der Waals surface area (Å²) >= 11 is 1.55. The van der Waals surface area contributed by atoms with Crippen molar-refractivity contribution in [1.29, 1.82) is 0 Å². The first-order chi connectivity index (χ1) is 10.1. The maximum atomic E-state index is 12.2. The lowest BCUT2D eigenvalue weighted by molar-refractivity contribution is -0.141. The van der Waals surface area contributed by atoms with Gasteiger partial charge in [0.15, 0.2) is 0 Å². The highest BCUT2D eigenvalue weighted by atomic mass is 32.2. The maximum absolute atomic E-state index is 12.2. The van der Waals surface area contributed by atoms with Crippen LogP contribution < -0.4 is 10.1 Å². The molecule has 1 fully saturated rings. The van der Waals surface area contributed by atoms with Crippen LogP contribution in [0.2, 0.25) is 0 Å². The Balaban J connectivity index is 1.95. The van der Waals surface area contributed by atoms with E-state index in [1.165, 1.54) is 4.90 Å². The molecular weight excluding hydrogens is 292 g/mol. The van der Waals surface area contributed by atoms with E-state index in [4.69, 9.17) is 9.84 Å². The first kappa shape index (κ1) is 15.5. The molecule has 0 saturated carbocycles. The topological polar surface area (TPSA) is 78.9 Å². The summed E-state index contributed by atoms with van der Waals surface area (Å²) in [5, 5.41) is 11.9. The van der Waals surface area contributed by atoms with E-state index in [9.17, 15) is 9.59 Å². The first-order valence-electron chi connectivity index (χ1n) is 6.60. The highest BCUT2D eigenvalue weighted by Gasteiger charge is 2.32. The highest BCUT2D eigenvalue weighted by molar-refractivity contribution is 7.99. The molecule has 6 nitrogen and oxygen atoms in total. The van der Waals surface area contributed by atoms with Crippen molar-refractivity contribution in [1.82, 2.24) is 10.2 Å². The van der Waals surface area contributed by atoms with Gasteiger partial charge in [0, 0.05) is 24.6 Å². The van der Waals surface area contributed by atoms with Crippen molar-refractivity contribution in [2.75, 3.05) is 25.2 Å². The van der Waals surface area contributed by atoms with Gasteiger partial charge in [-0.15, -0.1) is 0 Å². The maximum Gasteiger partial charge on any atom is 0.327 e. The summed E-state index contributed by atoms with van der Waals surface area (Å²) in [5.74, 6) is 0.955. The summed E-state index contributed by atoms with van der Waals surface area (Å²) in [6.45, 7) is 0.789. The number of ether oxygens (including phenoxy) is 1. The fourth-order valence-electron chi connectivity index (χ4n) is 2.11. The molecule has 1 aliphatic heterocycles. The van der Waals surface area contributed by atoms with Gasteiger partial charge in [-0.1, -0.05) is 12.1 Å². The first-order valence-corrected chi connectivity index (χ1v) is 7.75. The minimum Gasteiger partial charge on any atom is -0.497 e. The van der Waals surface area contributed by atoms with Crippen molar-refractivity contribution in [2.24, 2.45) is 0 Å². The number of carbonyl (C=O) groups is 2. The summed E-state index contributed by atoms with van der Waals surface area (Å²) in [4.78, 5) is 24.7. The molecule has 1 saturated heterocycles. The molecule has 0 aromatic heterocycles. The van der Waals surface area contributed by atoms with Crippen LogP contribution in [0.1, 0.15) is 5.56 Å². The molecule has 1 aromatic rings. The van der Waals surface area contributed by atoms with Crippen LogP contribution in [0.5, 0.6) is 5.75 Å². The largest absolute Gasteiger partial charge is 0.497 e. The molecule has 2 rings (SSSR count). The zero-order chi connectivity index (χ0) is 15.2. The molecule has 21 heavy (non-hydrogen) atoms. The van der Waals surface area contributed by atoms with E-state index in [2.05, 4.69) is 5.32 Å². The van der Waals surface area contributed by atoms with Gasteiger partial charge in [0.1, 0.15) is 11.8 Å². The number of methoxy groups -OCH3 is 1. The van der Waals surface area contributed by atoms with Crippen molar-refractivity contribution >= 4 is 23.8 Å². The zero-order valence-electron chi connectivity index (χ0n) is 11.7. The van der Waals surface area contributed by atoms with Crippen LogP contribution in [0.4, 0.5) is 4.79 Å². The third-order valence-electron chi connectivity index (χ3n) is 3.25. The number of amides is 2. The summed E-state index contributed by atoms with van der Waals surface area (Å²) in [5.41, 5.74) is 0.904. The van der Waals surface area contributed by atoms with E-state index in [0.29, 0.717) is 18.8 Å². The molecule has 1 aromatic carbocycles. The Morgan fingerprint density at radius 2 is 2.33 bits per heavy atom. The van der Waals surface area contributed by atoms with Crippen LogP contribution >= 0.6 is 11.8 Å². The van der Waals surface area contributed by atoms with Gasteiger partial charge in [0.05, 0.1) is 7.11 Å². The van der Waals surface area contributed by atoms with E-state index in [-0.39, 0.29) is 6.03 Å². The molecule has 7 heteroatoms. The number of aliphatic carboxylic acids is 1. The summed E-state index contributed by atoms with van der Waals surface area (Å²) in [7, 11) is 1.58. The van der Waals surface area contributed by atoms with Crippen LogP contribution in [0, 0.1) is 0 Å². The number of urea groups is 1. The van der Waals surface area contributed by atoms with Gasteiger partial charge in [-0.2, -0.15) is 11.8 Å². The number of carboxylic acid groups (broad SMARTS) is 1. The molecule has 1 unspecified atom stereocenters. The number of nitrogens with zero attached hydrogens (tertiary/aromatic N) is 1. The molecule has 2 amide bonds. The third kappa shape index (κ3) is 4.04. The van der Waals surface area contributed by atoms with Gasteiger partial charge in [-0.3, -0.25) is 0 Å². The molecule has 0 spiro atoms. The number of nitrogens with one attached hydrogen (secondary N) is 1. The quantitative estimate of drug-likeness (QED) is 0.879. The van der Waals surface area contributed by atoms with Gasteiger partial charge in [-0.25, -0.2) is 9.59 Å². The second-order valence-corrected chi connectivity index (χ2v) is 5.78. The lowest BCUT2D eigenvalue weighted by Crippen LogP contribution is -2.53. The summed E-state index contributed by atoms with van der Waals surface area (Å²) < 4.78 is 5.12. The SMILES string of the molecule is COc1cccc(CNC(=O)N2CCSCC2C(=O)O)c1. The Bertz CT molecular complexity index is 523. The highest BCUT2D eigenvalue weighted by Crippen LogP contribution is 2.17. The minimum absolute atomic E-state index is 0.339. The smallest absolute Gasteiger partial charge is 0.327 e. The molecule has 1 atom stereocenters. The summed E-state index contributed by atoms with van der Waals surface area (Å²) in [6.07, 6.45) is 0. The Hall–Kier alpha value is -1.89. The average molecular weight is 310 g/mol. The molecule has 1 heterocycles. The van der Waals surface area contributed by atoms with Crippen molar-refractivity contribution in [2.45, 2.75) is 12.6 Å². The van der Waals surface area contributed by atoms with Crippen LogP contribution in [0.3, 0.4) is 0 Å². The predicted molar refractivity (Wildman–Crippen MR) is 80.7 cm³/mol. The van der Waals surface area contributed by atoms with E-state index >= 15 is 0 Å². The molecular formula is C14H18N2O4S. The monoisotopic (exact) mass is 310 g/mol. The molecule has 0 aliphatic carbocycles. The fourth-order valence-corrected chi connectivity index (χ4v) is 3.15. The minimum atomic E-state index is -0.960. The fraction of sp³-hybridized carbons (Fsp3) is 0.429. The number of carboxylic acids is 1. The van der Waals surface area contributed by atoms with Gasteiger partial charge < -0.3 is 20.1 Å².